The van der Waals surface area contributed by atoms with E-state index in [9.17, 15) is 4.79 Å². The number of nitrogens with zero attached hydrogens (tertiary/aromatic N) is 1. The van der Waals surface area contributed by atoms with Crippen LogP contribution in [0.4, 0.5) is 0 Å². The molecule has 18 heavy (non-hydrogen) atoms. The molecule has 0 amide bonds. The van der Waals surface area contributed by atoms with Crippen LogP contribution in [0, 0.1) is 5.92 Å². The number of hydrogen-bond acceptors (Lipinski definition) is 2. The number of allylic oxidation sites excluding steroid dienone is 1. The van der Waals surface area contributed by atoms with Gasteiger partial charge < -0.3 is 0 Å². The SMILES string of the molecule is CCCN1CCCC2CC(C(C)=O)=C(CC)CC21. The number of rotatable bonds is 4. The van der Waals surface area contributed by atoms with Crippen molar-refractivity contribution in [1.82, 2.24) is 4.90 Å². The highest BCUT2D eigenvalue weighted by Crippen LogP contribution is 2.39. The molecule has 1 aliphatic heterocycles. The molecule has 2 heteroatoms. The zero-order chi connectivity index (χ0) is 13.1. The quantitative estimate of drug-likeness (QED) is 0.759. The molecule has 2 rings (SSSR count). The molecular formula is C16H27NO. The van der Waals surface area contributed by atoms with Crippen LogP contribution >= 0.6 is 0 Å². The third-order valence-electron chi connectivity index (χ3n) is 4.74. The van der Waals surface area contributed by atoms with E-state index in [1.807, 2.05) is 0 Å². The molecule has 1 aliphatic carbocycles. The van der Waals surface area contributed by atoms with Crippen molar-refractivity contribution in [3.8, 4) is 0 Å². The minimum Gasteiger partial charge on any atom is -0.300 e. The fraction of sp³-hybridized carbons (Fsp3) is 0.812. The molecule has 1 heterocycles. The summed E-state index contributed by atoms with van der Waals surface area (Å²) < 4.78 is 0. The smallest absolute Gasteiger partial charge is 0.155 e. The van der Waals surface area contributed by atoms with Crippen molar-refractivity contribution < 1.29 is 4.79 Å². The van der Waals surface area contributed by atoms with Crippen molar-refractivity contribution in [3.63, 3.8) is 0 Å². The highest BCUT2D eigenvalue weighted by molar-refractivity contribution is 5.94. The molecule has 2 unspecified atom stereocenters. The number of carbonyl (C=O) groups excluding carboxylic acids is 1. The van der Waals surface area contributed by atoms with Crippen LogP contribution in [0.2, 0.25) is 0 Å². The van der Waals surface area contributed by atoms with E-state index in [1.165, 1.54) is 37.9 Å². The predicted octanol–water partition coefficient (Wildman–Crippen LogP) is 3.57. The minimum absolute atomic E-state index is 0.318. The average molecular weight is 249 g/mol. The Morgan fingerprint density at radius 1 is 1.33 bits per heavy atom. The maximum atomic E-state index is 11.8. The third kappa shape index (κ3) is 2.69. The van der Waals surface area contributed by atoms with Crippen molar-refractivity contribution in [2.24, 2.45) is 5.92 Å². The second-order valence-corrected chi connectivity index (χ2v) is 5.91. The zero-order valence-electron chi connectivity index (χ0n) is 12.2. The van der Waals surface area contributed by atoms with Crippen molar-refractivity contribution in [2.75, 3.05) is 13.1 Å². The van der Waals surface area contributed by atoms with Gasteiger partial charge >= 0.3 is 0 Å². The molecule has 0 N–H and O–H groups in total. The molecule has 0 aromatic carbocycles. The summed E-state index contributed by atoms with van der Waals surface area (Å²) in [7, 11) is 0. The fourth-order valence-corrected chi connectivity index (χ4v) is 3.84. The standard InChI is InChI=1S/C16H27NO/c1-4-8-17-9-6-7-14-10-15(12(3)18)13(5-2)11-16(14)17/h14,16H,4-11H2,1-3H3. The topological polar surface area (TPSA) is 20.3 Å². The van der Waals surface area contributed by atoms with Crippen molar-refractivity contribution in [2.45, 2.75) is 65.3 Å². The lowest BCUT2D eigenvalue weighted by molar-refractivity contribution is -0.114. The normalized spacial score (nSPS) is 29.3. The first-order valence-electron chi connectivity index (χ1n) is 7.63. The second kappa shape index (κ2) is 6.01. The third-order valence-corrected chi connectivity index (χ3v) is 4.74. The van der Waals surface area contributed by atoms with E-state index < -0.39 is 0 Å². The van der Waals surface area contributed by atoms with Crippen LogP contribution in [0.5, 0.6) is 0 Å². The molecule has 1 fully saturated rings. The zero-order valence-corrected chi connectivity index (χ0v) is 12.2. The van der Waals surface area contributed by atoms with E-state index in [2.05, 4.69) is 18.7 Å². The summed E-state index contributed by atoms with van der Waals surface area (Å²) in [4.78, 5) is 14.5. The predicted molar refractivity (Wildman–Crippen MR) is 75.6 cm³/mol. The van der Waals surface area contributed by atoms with E-state index >= 15 is 0 Å². The van der Waals surface area contributed by atoms with Gasteiger partial charge in [0.2, 0.25) is 0 Å². The van der Waals surface area contributed by atoms with Gasteiger partial charge in [0.1, 0.15) is 0 Å². The number of Topliss-reactive ketones (excluding diaryl/α,β-unsaturated/α-hetero) is 1. The van der Waals surface area contributed by atoms with Gasteiger partial charge in [0.25, 0.3) is 0 Å². The minimum atomic E-state index is 0.318. The van der Waals surface area contributed by atoms with Gasteiger partial charge in [-0.1, -0.05) is 19.4 Å². The van der Waals surface area contributed by atoms with E-state index in [0.717, 1.165) is 36.8 Å². The van der Waals surface area contributed by atoms with Gasteiger partial charge in [0.05, 0.1) is 0 Å². The molecule has 0 saturated carbocycles. The lowest BCUT2D eigenvalue weighted by Gasteiger charge is -2.45. The molecule has 2 atom stereocenters. The molecule has 2 nitrogen and oxygen atoms in total. The number of fused-ring (bicyclic) bond motifs is 1. The summed E-state index contributed by atoms with van der Waals surface area (Å²) in [6.07, 6.45) is 7.12. The van der Waals surface area contributed by atoms with Crippen molar-refractivity contribution >= 4 is 5.78 Å². The van der Waals surface area contributed by atoms with Crippen molar-refractivity contribution in [1.29, 1.82) is 0 Å². The van der Waals surface area contributed by atoms with Crippen LogP contribution in [0.3, 0.4) is 0 Å². The van der Waals surface area contributed by atoms with Crippen molar-refractivity contribution in [3.05, 3.63) is 11.1 Å². The van der Waals surface area contributed by atoms with Gasteiger partial charge in [-0.25, -0.2) is 0 Å². The summed E-state index contributed by atoms with van der Waals surface area (Å²) in [5.74, 6) is 1.05. The summed E-state index contributed by atoms with van der Waals surface area (Å²) >= 11 is 0. The highest BCUT2D eigenvalue weighted by atomic mass is 16.1. The Morgan fingerprint density at radius 3 is 2.72 bits per heavy atom. The van der Waals surface area contributed by atoms with Gasteiger partial charge in [-0.15, -0.1) is 0 Å². The summed E-state index contributed by atoms with van der Waals surface area (Å²) in [5, 5.41) is 0. The first kappa shape index (κ1) is 13.8. The van der Waals surface area contributed by atoms with E-state index in [1.54, 1.807) is 6.92 Å². The molecule has 0 bridgehead atoms. The lowest BCUT2D eigenvalue weighted by Crippen LogP contribution is -2.47. The van der Waals surface area contributed by atoms with Crippen LogP contribution in [0.1, 0.15) is 59.3 Å². The summed E-state index contributed by atoms with van der Waals surface area (Å²) in [6, 6.07) is 0.719. The van der Waals surface area contributed by atoms with Gasteiger partial charge in [0, 0.05) is 6.04 Å². The Kier molecular flexibility index (Phi) is 4.60. The Balaban J connectivity index is 2.19. The van der Waals surface area contributed by atoms with Gasteiger partial charge in [-0.05, 0) is 70.0 Å². The number of hydrogen-bond donors (Lipinski definition) is 0. The first-order chi connectivity index (χ1) is 8.67. The lowest BCUT2D eigenvalue weighted by atomic mass is 9.73. The fourth-order valence-electron chi connectivity index (χ4n) is 3.84. The average Bonchev–Trinajstić information content (AvgIpc) is 2.38. The van der Waals surface area contributed by atoms with Crippen LogP contribution < -0.4 is 0 Å². The molecular weight excluding hydrogens is 222 g/mol. The van der Waals surface area contributed by atoms with Crippen LogP contribution in [-0.2, 0) is 4.79 Å². The Morgan fingerprint density at radius 2 is 2.11 bits per heavy atom. The number of carbonyl (C=O) groups is 1. The first-order valence-corrected chi connectivity index (χ1v) is 7.63. The van der Waals surface area contributed by atoms with Gasteiger partial charge in [-0.2, -0.15) is 0 Å². The van der Waals surface area contributed by atoms with Gasteiger partial charge in [0.15, 0.2) is 5.78 Å². The monoisotopic (exact) mass is 249 g/mol. The number of piperidine rings is 1. The molecule has 0 aromatic heterocycles. The van der Waals surface area contributed by atoms with Crippen LogP contribution in [-0.4, -0.2) is 29.8 Å². The molecule has 0 aromatic rings. The second-order valence-electron chi connectivity index (χ2n) is 5.91. The number of likely N-dealkylation sites (tertiary alicyclic amines) is 1. The molecule has 0 spiro atoms. The molecule has 0 radical (unpaired) electrons. The van der Waals surface area contributed by atoms with E-state index in [-0.39, 0.29) is 0 Å². The Bertz CT molecular complexity index is 343. The molecule has 2 aliphatic rings. The highest BCUT2D eigenvalue weighted by Gasteiger charge is 2.36. The maximum Gasteiger partial charge on any atom is 0.155 e. The Hall–Kier alpha value is -0.630. The summed E-state index contributed by atoms with van der Waals surface area (Å²) in [6.45, 7) is 8.71. The number of ketones is 1. The Labute approximate surface area is 111 Å². The largest absolute Gasteiger partial charge is 0.300 e. The van der Waals surface area contributed by atoms with E-state index in [4.69, 9.17) is 0 Å². The summed E-state index contributed by atoms with van der Waals surface area (Å²) in [5.41, 5.74) is 2.60. The molecule has 1 saturated heterocycles. The van der Waals surface area contributed by atoms with Crippen LogP contribution in [0.15, 0.2) is 11.1 Å². The maximum absolute atomic E-state index is 11.8. The van der Waals surface area contributed by atoms with Gasteiger partial charge in [-0.3, -0.25) is 9.69 Å². The molecule has 102 valence electrons. The van der Waals surface area contributed by atoms with E-state index in [0.29, 0.717) is 5.78 Å². The van der Waals surface area contributed by atoms with Crippen LogP contribution in [0.25, 0.3) is 0 Å².